The molecule has 1 amide bonds. The van der Waals surface area contributed by atoms with Crippen molar-refractivity contribution in [2.45, 2.75) is 46.5 Å². The molecule has 0 aliphatic carbocycles. The number of thiocarbonyl (C=S) groups is 1. The van der Waals surface area contributed by atoms with Crippen molar-refractivity contribution >= 4 is 51.7 Å². The van der Waals surface area contributed by atoms with E-state index in [2.05, 4.69) is 17.2 Å². The maximum Gasteiger partial charge on any atom is 0.267 e. The number of pyridine rings is 1. The van der Waals surface area contributed by atoms with E-state index in [-0.39, 0.29) is 11.5 Å². The molecule has 2 aromatic heterocycles. The van der Waals surface area contributed by atoms with Gasteiger partial charge in [-0.15, -0.1) is 0 Å². The Labute approximate surface area is 180 Å². The zero-order chi connectivity index (χ0) is 21.0. The van der Waals surface area contributed by atoms with E-state index in [1.165, 1.54) is 16.2 Å². The van der Waals surface area contributed by atoms with E-state index in [0.717, 1.165) is 31.2 Å². The largest absolute Gasteiger partial charge is 0.370 e. The molecule has 1 N–H and O–H groups in total. The van der Waals surface area contributed by atoms with E-state index in [4.69, 9.17) is 12.2 Å². The molecule has 1 fully saturated rings. The molecule has 29 heavy (non-hydrogen) atoms. The molecule has 2 aromatic rings. The third-order valence-corrected chi connectivity index (χ3v) is 6.11. The second-order valence-electron chi connectivity index (χ2n) is 7.04. The molecule has 0 atom stereocenters. The van der Waals surface area contributed by atoms with Crippen LogP contribution in [0.3, 0.4) is 0 Å². The number of hydrogen-bond acceptors (Lipinski definition) is 6. The lowest BCUT2D eigenvalue weighted by Crippen LogP contribution is -2.29. The minimum atomic E-state index is -0.206. The van der Waals surface area contributed by atoms with Crippen molar-refractivity contribution in [1.29, 1.82) is 0 Å². The minimum absolute atomic E-state index is 0.132. The Balaban J connectivity index is 1.97. The van der Waals surface area contributed by atoms with Crippen LogP contribution in [0.15, 0.2) is 28.0 Å². The highest BCUT2D eigenvalue weighted by molar-refractivity contribution is 8.26. The first-order valence-electron chi connectivity index (χ1n) is 9.98. The maximum atomic E-state index is 13.1. The average molecular weight is 431 g/mol. The molecule has 3 rings (SSSR count). The van der Waals surface area contributed by atoms with Gasteiger partial charge in [0.15, 0.2) is 0 Å². The second kappa shape index (κ2) is 9.54. The van der Waals surface area contributed by atoms with E-state index in [0.29, 0.717) is 39.3 Å². The first-order valence-corrected chi connectivity index (χ1v) is 11.2. The number of nitrogens with zero attached hydrogens (tertiary/aromatic N) is 3. The maximum absolute atomic E-state index is 13.1. The zero-order valence-corrected chi connectivity index (χ0v) is 18.7. The Morgan fingerprint density at radius 3 is 2.72 bits per heavy atom. The van der Waals surface area contributed by atoms with Crippen molar-refractivity contribution in [3.8, 4) is 0 Å². The van der Waals surface area contributed by atoms with Crippen LogP contribution in [0.25, 0.3) is 11.7 Å². The SMILES string of the molecule is CCCCCCN1C(=O)C(=Cc2c(NCC)nc3ccc(C)cn3c2=O)SC1=S. The first-order chi connectivity index (χ1) is 14.0. The monoisotopic (exact) mass is 430 g/mol. The molecule has 3 heterocycles. The number of nitrogens with one attached hydrogen (secondary N) is 1. The summed E-state index contributed by atoms with van der Waals surface area (Å²) in [5.74, 6) is 0.349. The molecule has 1 aliphatic heterocycles. The van der Waals surface area contributed by atoms with E-state index in [9.17, 15) is 9.59 Å². The van der Waals surface area contributed by atoms with E-state index in [1.807, 2.05) is 26.0 Å². The molecule has 0 radical (unpaired) electrons. The summed E-state index contributed by atoms with van der Waals surface area (Å²) in [6.07, 6.45) is 7.69. The number of fused-ring (bicyclic) bond motifs is 1. The number of carbonyl (C=O) groups excluding carboxylic acids is 1. The van der Waals surface area contributed by atoms with E-state index < -0.39 is 0 Å². The summed E-state index contributed by atoms with van der Waals surface area (Å²) in [6, 6.07) is 3.73. The highest BCUT2D eigenvalue weighted by Gasteiger charge is 2.32. The van der Waals surface area contributed by atoms with E-state index in [1.54, 1.807) is 17.2 Å². The van der Waals surface area contributed by atoms with Gasteiger partial charge in [0.05, 0.1) is 10.5 Å². The molecule has 0 bridgehead atoms. The number of thioether (sulfide) groups is 1. The normalized spacial score (nSPS) is 15.7. The van der Waals surface area contributed by atoms with Crippen LogP contribution in [0.4, 0.5) is 5.82 Å². The number of carbonyl (C=O) groups is 1. The van der Waals surface area contributed by atoms with Gasteiger partial charge in [0.25, 0.3) is 11.5 Å². The standard InChI is InChI=1S/C21H26N4O2S2/c1-4-6-7-8-11-24-20(27)16(29-21(24)28)12-15-18(22-5-2)23-17-10-9-14(3)13-25(17)19(15)26/h9-10,12-13,22H,4-8,11H2,1-3H3. The van der Waals surface area contributed by atoms with Gasteiger partial charge in [-0.3, -0.25) is 18.9 Å². The van der Waals surface area contributed by atoms with Gasteiger partial charge in [-0.2, -0.15) is 0 Å². The summed E-state index contributed by atoms with van der Waals surface area (Å²) >= 11 is 6.66. The van der Waals surface area contributed by atoms with Crippen LogP contribution in [0.1, 0.15) is 50.7 Å². The Bertz CT molecular complexity index is 1030. The van der Waals surface area contributed by atoms with Gasteiger partial charge < -0.3 is 5.32 Å². The number of hydrogen-bond donors (Lipinski definition) is 1. The quantitative estimate of drug-likeness (QED) is 0.384. The highest BCUT2D eigenvalue weighted by Crippen LogP contribution is 2.33. The third-order valence-electron chi connectivity index (χ3n) is 4.73. The first kappa shape index (κ1) is 21.5. The van der Waals surface area contributed by atoms with Crippen LogP contribution in [0.2, 0.25) is 0 Å². The van der Waals surface area contributed by atoms with Crippen LogP contribution in [0.5, 0.6) is 0 Å². The average Bonchev–Trinajstić information content (AvgIpc) is 2.96. The molecule has 0 saturated carbocycles. The van der Waals surface area contributed by atoms with Crippen LogP contribution in [-0.4, -0.2) is 37.6 Å². The number of unbranched alkanes of at least 4 members (excludes halogenated alkanes) is 3. The molecule has 0 aromatic carbocycles. The summed E-state index contributed by atoms with van der Waals surface area (Å²) in [6.45, 7) is 7.26. The van der Waals surface area contributed by atoms with Crippen molar-refractivity contribution in [2.24, 2.45) is 0 Å². The fraction of sp³-hybridized carbons (Fsp3) is 0.429. The molecule has 0 spiro atoms. The van der Waals surface area contributed by atoms with Gasteiger partial charge >= 0.3 is 0 Å². The van der Waals surface area contributed by atoms with Crippen molar-refractivity contribution in [2.75, 3.05) is 18.4 Å². The Morgan fingerprint density at radius 1 is 1.21 bits per heavy atom. The van der Waals surface area contributed by atoms with Gasteiger partial charge in [0, 0.05) is 19.3 Å². The highest BCUT2D eigenvalue weighted by atomic mass is 32.2. The number of anilines is 1. The van der Waals surface area contributed by atoms with Crippen molar-refractivity contribution in [3.05, 3.63) is 44.7 Å². The minimum Gasteiger partial charge on any atom is -0.370 e. The summed E-state index contributed by atoms with van der Waals surface area (Å²) in [7, 11) is 0. The summed E-state index contributed by atoms with van der Waals surface area (Å²) in [4.78, 5) is 32.7. The topological polar surface area (TPSA) is 66.7 Å². The molecular formula is C21H26N4O2S2. The zero-order valence-electron chi connectivity index (χ0n) is 17.0. The third kappa shape index (κ3) is 4.70. The Kier molecular flexibility index (Phi) is 7.08. The van der Waals surface area contributed by atoms with Gasteiger partial charge in [-0.25, -0.2) is 4.98 Å². The van der Waals surface area contributed by atoms with Crippen molar-refractivity contribution < 1.29 is 4.79 Å². The molecule has 6 nitrogen and oxygen atoms in total. The van der Waals surface area contributed by atoms with Gasteiger partial charge in [-0.05, 0) is 38.0 Å². The fourth-order valence-electron chi connectivity index (χ4n) is 3.21. The van der Waals surface area contributed by atoms with Gasteiger partial charge in [0.1, 0.15) is 15.8 Å². The molecule has 1 saturated heterocycles. The van der Waals surface area contributed by atoms with E-state index >= 15 is 0 Å². The second-order valence-corrected chi connectivity index (χ2v) is 8.71. The molecular weight excluding hydrogens is 404 g/mol. The van der Waals surface area contributed by atoms with Crippen LogP contribution < -0.4 is 10.9 Å². The van der Waals surface area contributed by atoms with Gasteiger partial charge in [-0.1, -0.05) is 56.2 Å². The van der Waals surface area contributed by atoms with Crippen LogP contribution in [0, 0.1) is 6.92 Å². The van der Waals surface area contributed by atoms with Crippen molar-refractivity contribution in [3.63, 3.8) is 0 Å². The number of rotatable bonds is 8. The molecule has 154 valence electrons. The smallest absolute Gasteiger partial charge is 0.267 e. The lowest BCUT2D eigenvalue weighted by Gasteiger charge is -2.14. The van der Waals surface area contributed by atoms with Crippen LogP contribution >= 0.6 is 24.0 Å². The van der Waals surface area contributed by atoms with Crippen molar-refractivity contribution in [1.82, 2.24) is 14.3 Å². The molecule has 8 heteroatoms. The molecule has 0 unspecified atom stereocenters. The van der Waals surface area contributed by atoms with Gasteiger partial charge in [0.2, 0.25) is 0 Å². The summed E-state index contributed by atoms with van der Waals surface area (Å²) < 4.78 is 2.07. The predicted molar refractivity (Wildman–Crippen MR) is 124 cm³/mol. The number of aryl methyl sites for hydroxylation is 1. The predicted octanol–water partition coefficient (Wildman–Crippen LogP) is 4.22. The summed E-state index contributed by atoms with van der Waals surface area (Å²) in [5, 5.41) is 3.15. The Morgan fingerprint density at radius 2 is 2.00 bits per heavy atom. The molecule has 1 aliphatic rings. The number of aromatic nitrogens is 2. The fourth-order valence-corrected chi connectivity index (χ4v) is 4.50. The number of amides is 1. The Hall–Kier alpha value is -2.19. The summed E-state index contributed by atoms with van der Waals surface area (Å²) in [5.41, 5.74) is 1.70. The lowest BCUT2D eigenvalue weighted by atomic mass is 10.2. The van der Waals surface area contributed by atoms with Crippen LogP contribution in [-0.2, 0) is 4.79 Å². The lowest BCUT2D eigenvalue weighted by molar-refractivity contribution is -0.122.